The first-order valence-corrected chi connectivity index (χ1v) is 30.7. The monoisotopic (exact) mass is 1170 g/mol. The number of hydrogen-bond acceptors (Lipinski definition) is 12. The van der Waals surface area contributed by atoms with Crippen molar-refractivity contribution in [1.82, 2.24) is 0 Å². The molecule has 0 atom stereocenters. The molecule has 4 aliphatic rings. The predicted octanol–water partition coefficient (Wildman–Crippen LogP) is 16.7. The molecule has 0 radical (unpaired) electrons. The summed E-state index contributed by atoms with van der Waals surface area (Å²) in [5, 5.41) is 4.18. The summed E-state index contributed by atoms with van der Waals surface area (Å²) < 4.78 is 11.4. The normalized spacial score (nSPS) is 16.6. The largest absolute Gasteiger partial charge is 0.472 e. The van der Waals surface area contributed by atoms with Crippen LogP contribution in [0.2, 0.25) is 0 Å². The van der Waals surface area contributed by atoms with Gasteiger partial charge in [0.2, 0.25) is 22.7 Å². The van der Waals surface area contributed by atoms with E-state index in [1.165, 1.54) is 0 Å². The van der Waals surface area contributed by atoms with Gasteiger partial charge in [0.25, 0.3) is 0 Å². The fourth-order valence-electron chi connectivity index (χ4n) is 11.9. The zero-order valence-electron chi connectivity index (χ0n) is 47.2. The van der Waals surface area contributed by atoms with Gasteiger partial charge in [0.05, 0.1) is 80.5 Å². The van der Waals surface area contributed by atoms with E-state index in [1.54, 1.807) is 47.7 Å². The van der Waals surface area contributed by atoms with Crippen LogP contribution in [-0.4, -0.2) is 45.7 Å². The highest BCUT2D eigenvalue weighted by Crippen LogP contribution is 2.57. The van der Waals surface area contributed by atoms with Gasteiger partial charge in [-0.15, -0.1) is 22.7 Å². The van der Waals surface area contributed by atoms with E-state index in [-0.39, 0.29) is 0 Å². The molecule has 0 aliphatic carbocycles. The number of rotatable bonds is 14. The molecular weight excluding hydrogens is 1120 g/mol. The standard InChI is InChI=1S/C38H26N4O2.C38H26N4S2/c1-5-13-27(14-6-1)33-34(28-15-7-2-8-16-28)40-37(39-33,31-21-23-43-25-31)38(32-22-24-44-26-32)41-35(29-17-9-3-10-18-29)36(42-38)30-19-11-4-12-20-30;1-5-15-27(16-6-1)33-34(28-17-7-2-8-18-28)40-37(39-33,31-23-13-25-43-31)38(32-24-14-26-44-32)41-35(29-19-9-3-10-20-29)36(42-38)30-21-11-4-12-22-30/h2*1-26H. The summed E-state index contributed by atoms with van der Waals surface area (Å²) in [6.45, 7) is 0. The molecule has 12 heteroatoms. The van der Waals surface area contributed by atoms with E-state index >= 15 is 0 Å². The fraction of sp³-hybridized carbons (Fsp3) is 0.0526. The molecule has 8 aromatic carbocycles. The maximum Gasteiger partial charge on any atom is 0.236 e. The first kappa shape index (κ1) is 53.8. The molecule has 4 aromatic heterocycles. The molecule has 0 spiro atoms. The van der Waals surface area contributed by atoms with E-state index in [9.17, 15) is 0 Å². The molecule has 0 fully saturated rings. The van der Waals surface area contributed by atoms with Crippen LogP contribution in [0.3, 0.4) is 0 Å². The Bertz CT molecular complexity index is 3840. The number of thiophene rings is 2. The van der Waals surface area contributed by atoms with Crippen LogP contribution in [0.5, 0.6) is 0 Å². The van der Waals surface area contributed by atoms with Crippen LogP contribution in [0.15, 0.2) is 364 Å². The minimum absolute atomic E-state index is 0.729. The highest BCUT2D eigenvalue weighted by Gasteiger charge is 2.63. The Morgan fingerprint density at radius 1 is 0.216 bits per heavy atom. The van der Waals surface area contributed by atoms with Crippen molar-refractivity contribution in [3.63, 3.8) is 0 Å². The quantitative estimate of drug-likeness (QED) is 0.108. The summed E-state index contributed by atoms with van der Waals surface area (Å²) in [7, 11) is 0. The van der Waals surface area contributed by atoms with E-state index in [0.29, 0.717) is 0 Å². The molecule has 12 aromatic rings. The average molecular weight is 1170 g/mol. The van der Waals surface area contributed by atoms with Gasteiger partial charge < -0.3 is 8.83 Å². The minimum Gasteiger partial charge on any atom is -0.472 e. The molecule has 0 saturated carbocycles. The number of furan rings is 2. The van der Waals surface area contributed by atoms with Gasteiger partial charge in [-0.3, -0.25) is 0 Å². The van der Waals surface area contributed by atoms with Crippen molar-refractivity contribution in [2.45, 2.75) is 22.7 Å². The van der Waals surface area contributed by atoms with Crippen LogP contribution in [0.25, 0.3) is 0 Å². The van der Waals surface area contributed by atoms with Crippen LogP contribution in [0.4, 0.5) is 0 Å². The first-order valence-electron chi connectivity index (χ1n) is 28.9. The SMILES string of the molecule is c1ccc(C2=NC(c3cccs3)(C3(c4cccs4)N=C(c4ccccc4)C(c4ccccc4)=N3)N=C2c2ccccc2)cc1.c1ccc(C2=NC(c3ccoc3)(C3(c4ccoc4)N=C(c4ccccc4)C(c4ccccc4)=N3)N=C2c2ccccc2)cc1. The van der Waals surface area contributed by atoms with Crippen LogP contribution in [0, 0.1) is 0 Å². The van der Waals surface area contributed by atoms with Crippen molar-refractivity contribution in [1.29, 1.82) is 0 Å². The summed E-state index contributed by atoms with van der Waals surface area (Å²) in [5.41, 5.74) is 10.5. The van der Waals surface area contributed by atoms with Crippen LogP contribution < -0.4 is 0 Å². The summed E-state index contributed by atoms with van der Waals surface area (Å²) in [5.74, 6) is 0. The Hall–Kier alpha value is -10.9. The van der Waals surface area contributed by atoms with Gasteiger partial charge in [0.1, 0.15) is 0 Å². The zero-order valence-corrected chi connectivity index (χ0v) is 48.9. The lowest BCUT2D eigenvalue weighted by Crippen LogP contribution is -2.42. The third-order valence-electron chi connectivity index (χ3n) is 16.0. The fourth-order valence-corrected chi connectivity index (χ4v) is 13.6. The Kier molecular flexibility index (Phi) is 13.9. The molecule has 8 heterocycles. The Labute approximate surface area is 516 Å². The van der Waals surface area contributed by atoms with Crippen molar-refractivity contribution < 1.29 is 8.83 Å². The van der Waals surface area contributed by atoms with Crippen molar-refractivity contribution >= 4 is 68.4 Å². The van der Waals surface area contributed by atoms with Gasteiger partial charge in [-0.05, 0) is 35.0 Å². The van der Waals surface area contributed by atoms with Crippen molar-refractivity contribution in [2.24, 2.45) is 39.9 Å². The molecule has 420 valence electrons. The summed E-state index contributed by atoms with van der Waals surface area (Å²) in [6.07, 6.45) is 6.68. The van der Waals surface area contributed by atoms with Gasteiger partial charge in [-0.25, -0.2) is 39.9 Å². The molecule has 16 rings (SSSR count). The van der Waals surface area contributed by atoms with E-state index in [0.717, 1.165) is 111 Å². The molecule has 0 unspecified atom stereocenters. The van der Waals surface area contributed by atoms with Crippen molar-refractivity contribution in [2.75, 3.05) is 0 Å². The third-order valence-corrected chi connectivity index (χ3v) is 17.9. The number of nitrogens with zero attached hydrogens (tertiary/aromatic N) is 8. The summed E-state index contributed by atoms with van der Waals surface area (Å²) in [6, 6.07) is 94.0. The van der Waals surface area contributed by atoms with Crippen molar-refractivity contribution in [3.8, 4) is 0 Å². The van der Waals surface area contributed by atoms with E-state index in [4.69, 9.17) is 48.8 Å². The molecule has 10 nitrogen and oxygen atoms in total. The predicted molar refractivity (Wildman–Crippen MR) is 357 cm³/mol. The Morgan fingerprint density at radius 2 is 0.420 bits per heavy atom. The molecule has 88 heavy (non-hydrogen) atoms. The van der Waals surface area contributed by atoms with E-state index in [2.05, 4.69) is 132 Å². The zero-order chi connectivity index (χ0) is 58.8. The second kappa shape index (κ2) is 22.8. The number of benzene rings is 8. The first-order chi connectivity index (χ1) is 43.5. The van der Waals surface area contributed by atoms with Gasteiger partial charge in [-0.1, -0.05) is 255 Å². The van der Waals surface area contributed by atoms with Crippen LogP contribution >= 0.6 is 22.7 Å². The van der Waals surface area contributed by atoms with Crippen LogP contribution in [-0.2, 0) is 22.7 Å². The Balaban J connectivity index is 0.000000148. The molecule has 0 N–H and O–H groups in total. The van der Waals surface area contributed by atoms with E-state index in [1.807, 2.05) is 158 Å². The van der Waals surface area contributed by atoms with Gasteiger partial charge >= 0.3 is 0 Å². The molecule has 0 bridgehead atoms. The second-order valence-electron chi connectivity index (χ2n) is 21.3. The lowest BCUT2D eigenvalue weighted by Gasteiger charge is -2.36. The maximum absolute atomic E-state index is 5.72. The summed E-state index contributed by atoms with van der Waals surface area (Å²) in [4.78, 5) is 46.9. The molecule has 0 saturated heterocycles. The number of hydrogen-bond donors (Lipinski definition) is 0. The lowest BCUT2D eigenvalue weighted by molar-refractivity contribution is 0.253. The highest BCUT2D eigenvalue weighted by atomic mass is 32.1. The average Bonchev–Trinajstić information content (AvgIpc) is 1.54. The lowest BCUT2D eigenvalue weighted by atomic mass is 9.84. The van der Waals surface area contributed by atoms with Crippen LogP contribution in [0.1, 0.15) is 65.4 Å². The van der Waals surface area contributed by atoms with Gasteiger partial charge in [0.15, 0.2) is 0 Å². The minimum atomic E-state index is -1.36. The molecular formula is C76H52N8O2S2. The van der Waals surface area contributed by atoms with Gasteiger partial charge in [-0.2, -0.15) is 0 Å². The smallest absolute Gasteiger partial charge is 0.236 e. The van der Waals surface area contributed by atoms with E-state index < -0.39 is 22.7 Å². The second-order valence-corrected chi connectivity index (χ2v) is 23.2. The molecule has 0 amide bonds. The summed E-state index contributed by atoms with van der Waals surface area (Å²) >= 11 is 3.28. The van der Waals surface area contributed by atoms with Gasteiger partial charge in [0, 0.05) is 55.6 Å². The topological polar surface area (TPSA) is 125 Å². The Morgan fingerprint density at radius 3 is 0.591 bits per heavy atom. The van der Waals surface area contributed by atoms with Crippen molar-refractivity contribution in [3.05, 3.63) is 380 Å². The number of aliphatic imine (C=N–C) groups is 8. The maximum atomic E-state index is 5.72. The molecule has 4 aliphatic heterocycles. The third kappa shape index (κ3) is 9.25. The highest BCUT2D eigenvalue weighted by molar-refractivity contribution is 7.10.